The fourth-order valence-electron chi connectivity index (χ4n) is 3.44. The largest absolute Gasteiger partial charge is 0.348 e. The average molecular weight is 378 g/mol. The second-order valence-electron chi connectivity index (χ2n) is 7.04. The van der Waals surface area contributed by atoms with Crippen LogP contribution in [0, 0.1) is 0 Å². The molecule has 1 aliphatic rings. The number of hydrogen-bond acceptors (Lipinski definition) is 5. The van der Waals surface area contributed by atoms with Crippen LogP contribution < -0.4 is 16.4 Å². The number of nitrogens with two attached hydrogens (primary N) is 1. The Balaban J connectivity index is 1.58. The van der Waals surface area contributed by atoms with E-state index in [1.54, 1.807) is 24.5 Å². The van der Waals surface area contributed by atoms with Crippen LogP contribution in [-0.4, -0.2) is 38.5 Å². The van der Waals surface area contributed by atoms with Crippen molar-refractivity contribution in [2.75, 3.05) is 5.32 Å². The zero-order valence-electron chi connectivity index (χ0n) is 15.3. The van der Waals surface area contributed by atoms with E-state index >= 15 is 0 Å². The number of fused-ring (bicyclic) bond motifs is 1. The van der Waals surface area contributed by atoms with Crippen LogP contribution >= 0.6 is 0 Å². The maximum absolute atomic E-state index is 12.8. The second-order valence-corrected chi connectivity index (χ2v) is 7.04. The van der Waals surface area contributed by atoms with Gasteiger partial charge >= 0.3 is 0 Å². The fraction of sp³-hybridized carbons (Fsp3) is 0.300. The molecule has 8 nitrogen and oxygen atoms in total. The first-order valence-electron chi connectivity index (χ1n) is 9.37. The Morgan fingerprint density at radius 3 is 2.57 bits per heavy atom. The predicted octanol–water partition coefficient (Wildman–Crippen LogP) is 1.98. The number of nitrogens with zero attached hydrogens (tertiary/aromatic N) is 3. The minimum Gasteiger partial charge on any atom is -0.348 e. The van der Waals surface area contributed by atoms with Crippen molar-refractivity contribution in [1.29, 1.82) is 0 Å². The lowest BCUT2D eigenvalue weighted by molar-refractivity contribution is 0.0919. The molecule has 1 aromatic carbocycles. The second kappa shape index (κ2) is 7.77. The van der Waals surface area contributed by atoms with Crippen LogP contribution in [0.15, 0.2) is 48.8 Å². The molecule has 4 rings (SSSR count). The molecule has 1 fully saturated rings. The van der Waals surface area contributed by atoms with Crippen molar-refractivity contribution in [1.82, 2.24) is 19.9 Å². The van der Waals surface area contributed by atoms with Gasteiger partial charge in [0.1, 0.15) is 5.69 Å². The van der Waals surface area contributed by atoms with Crippen LogP contribution in [0.3, 0.4) is 0 Å². The Morgan fingerprint density at radius 2 is 1.82 bits per heavy atom. The molecule has 0 unspecified atom stereocenters. The van der Waals surface area contributed by atoms with E-state index < -0.39 is 0 Å². The van der Waals surface area contributed by atoms with E-state index in [9.17, 15) is 9.59 Å². The van der Waals surface area contributed by atoms with Gasteiger partial charge in [-0.05, 0) is 43.9 Å². The summed E-state index contributed by atoms with van der Waals surface area (Å²) in [6.07, 6.45) is 6.65. The van der Waals surface area contributed by atoms with Gasteiger partial charge in [0.25, 0.3) is 11.8 Å². The molecule has 3 aromatic rings. The number of benzene rings is 1. The van der Waals surface area contributed by atoms with E-state index in [1.165, 1.54) is 10.6 Å². The zero-order valence-corrected chi connectivity index (χ0v) is 15.3. The maximum Gasteiger partial charge on any atom is 0.271 e. The van der Waals surface area contributed by atoms with E-state index in [0.717, 1.165) is 25.7 Å². The Morgan fingerprint density at radius 1 is 1.07 bits per heavy atom. The Hall–Kier alpha value is -3.26. The molecule has 0 atom stereocenters. The summed E-state index contributed by atoms with van der Waals surface area (Å²) >= 11 is 0. The SMILES string of the molecule is NC1CCC(NC(=O)c2cc(C(=O)Nc3ccccc3)c3nccn3n2)CC1. The van der Waals surface area contributed by atoms with Gasteiger partial charge in [0.15, 0.2) is 5.65 Å². The van der Waals surface area contributed by atoms with Crippen LogP contribution in [0.2, 0.25) is 0 Å². The first-order valence-corrected chi connectivity index (χ1v) is 9.37. The summed E-state index contributed by atoms with van der Waals surface area (Å²) in [6.45, 7) is 0. The van der Waals surface area contributed by atoms with Crippen LogP contribution in [0.1, 0.15) is 46.5 Å². The van der Waals surface area contributed by atoms with Crippen LogP contribution in [0.25, 0.3) is 5.65 Å². The molecule has 1 aliphatic carbocycles. The number of imidazole rings is 1. The maximum atomic E-state index is 12.8. The van der Waals surface area contributed by atoms with E-state index in [1.807, 2.05) is 18.2 Å². The Labute approximate surface area is 162 Å². The first-order chi connectivity index (χ1) is 13.6. The normalized spacial score (nSPS) is 19.3. The van der Waals surface area contributed by atoms with Gasteiger partial charge in [-0.1, -0.05) is 18.2 Å². The summed E-state index contributed by atoms with van der Waals surface area (Å²) in [5, 5.41) is 10.1. The quantitative estimate of drug-likeness (QED) is 0.642. The Bertz CT molecular complexity index is 992. The van der Waals surface area contributed by atoms with Crippen molar-refractivity contribution in [2.24, 2.45) is 5.73 Å². The molecule has 0 saturated heterocycles. The van der Waals surface area contributed by atoms with Crippen molar-refractivity contribution < 1.29 is 9.59 Å². The molecule has 0 bridgehead atoms. The van der Waals surface area contributed by atoms with Gasteiger partial charge in [-0.15, -0.1) is 0 Å². The summed E-state index contributed by atoms with van der Waals surface area (Å²) in [7, 11) is 0. The van der Waals surface area contributed by atoms with Gasteiger partial charge in [-0.2, -0.15) is 5.10 Å². The predicted molar refractivity (Wildman–Crippen MR) is 105 cm³/mol. The summed E-state index contributed by atoms with van der Waals surface area (Å²) in [4.78, 5) is 29.7. The van der Waals surface area contributed by atoms with Gasteiger partial charge in [0.2, 0.25) is 0 Å². The van der Waals surface area contributed by atoms with Crippen molar-refractivity contribution in [2.45, 2.75) is 37.8 Å². The van der Waals surface area contributed by atoms with Crippen molar-refractivity contribution in [3.05, 3.63) is 60.0 Å². The molecule has 1 saturated carbocycles. The molecule has 0 spiro atoms. The number of hydrogen-bond donors (Lipinski definition) is 3. The number of nitrogens with one attached hydrogen (secondary N) is 2. The van der Waals surface area contributed by atoms with Gasteiger partial charge in [0.05, 0.1) is 5.56 Å². The first kappa shape index (κ1) is 18.1. The molecular weight excluding hydrogens is 356 g/mol. The third-order valence-electron chi connectivity index (χ3n) is 4.98. The van der Waals surface area contributed by atoms with Gasteiger partial charge in [0, 0.05) is 30.2 Å². The lowest BCUT2D eigenvalue weighted by Crippen LogP contribution is -2.41. The fourth-order valence-corrected chi connectivity index (χ4v) is 3.44. The number of carbonyl (C=O) groups excluding carboxylic acids is 2. The number of amides is 2. The van der Waals surface area contributed by atoms with Crippen LogP contribution in [0.5, 0.6) is 0 Å². The average Bonchev–Trinajstić information content (AvgIpc) is 3.18. The van der Waals surface area contributed by atoms with Crippen molar-refractivity contribution in [3.8, 4) is 0 Å². The summed E-state index contributed by atoms with van der Waals surface area (Å²) in [6, 6.07) is 10.9. The Kier molecular flexibility index (Phi) is 5.03. The summed E-state index contributed by atoms with van der Waals surface area (Å²) in [5.74, 6) is -0.646. The summed E-state index contributed by atoms with van der Waals surface area (Å²) < 4.78 is 1.45. The minimum atomic E-state index is -0.345. The number of carbonyl (C=O) groups is 2. The number of rotatable bonds is 4. The number of anilines is 1. The van der Waals surface area contributed by atoms with E-state index in [4.69, 9.17) is 5.73 Å². The molecular formula is C20H22N6O2. The molecule has 4 N–H and O–H groups in total. The molecule has 28 heavy (non-hydrogen) atoms. The highest BCUT2D eigenvalue weighted by Crippen LogP contribution is 2.18. The smallest absolute Gasteiger partial charge is 0.271 e. The minimum absolute atomic E-state index is 0.0779. The van der Waals surface area contributed by atoms with Crippen molar-refractivity contribution in [3.63, 3.8) is 0 Å². The third-order valence-corrected chi connectivity index (χ3v) is 4.98. The summed E-state index contributed by atoms with van der Waals surface area (Å²) in [5.41, 5.74) is 7.46. The highest BCUT2D eigenvalue weighted by atomic mass is 16.2. The molecule has 2 aromatic heterocycles. The third kappa shape index (κ3) is 3.86. The van der Waals surface area contributed by atoms with E-state index in [2.05, 4.69) is 20.7 Å². The van der Waals surface area contributed by atoms with E-state index in [0.29, 0.717) is 16.9 Å². The highest BCUT2D eigenvalue weighted by Gasteiger charge is 2.23. The topological polar surface area (TPSA) is 114 Å². The standard InChI is InChI=1S/C20H22N6O2/c21-13-6-8-15(9-7-13)24-20(28)17-12-16(18-22-10-11-26(18)25-17)19(27)23-14-4-2-1-3-5-14/h1-5,10-13,15H,6-9,21H2,(H,23,27)(H,24,28). The number of aromatic nitrogens is 3. The lowest BCUT2D eigenvalue weighted by Gasteiger charge is -2.26. The monoisotopic (exact) mass is 378 g/mol. The zero-order chi connectivity index (χ0) is 19.5. The van der Waals surface area contributed by atoms with Crippen LogP contribution in [0.4, 0.5) is 5.69 Å². The molecule has 0 aliphatic heterocycles. The van der Waals surface area contributed by atoms with Gasteiger partial charge < -0.3 is 16.4 Å². The molecule has 144 valence electrons. The van der Waals surface area contributed by atoms with E-state index in [-0.39, 0.29) is 29.6 Å². The highest BCUT2D eigenvalue weighted by molar-refractivity contribution is 6.09. The molecule has 2 amide bonds. The van der Waals surface area contributed by atoms with Crippen molar-refractivity contribution >= 4 is 23.1 Å². The molecule has 8 heteroatoms. The number of para-hydroxylation sites is 1. The van der Waals surface area contributed by atoms with Gasteiger partial charge in [-0.3, -0.25) is 9.59 Å². The molecule has 2 heterocycles. The van der Waals surface area contributed by atoms with Crippen LogP contribution in [-0.2, 0) is 0 Å². The van der Waals surface area contributed by atoms with Gasteiger partial charge in [-0.25, -0.2) is 9.50 Å². The lowest BCUT2D eigenvalue weighted by atomic mass is 9.92. The molecule has 0 radical (unpaired) electrons.